The predicted octanol–water partition coefficient (Wildman–Crippen LogP) is 2.12. The van der Waals surface area contributed by atoms with Crippen molar-refractivity contribution in [3.05, 3.63) is 29.8 Å². The Morgan fingerprint density at radius 2 is 2.05 bits per heavy atom. The zero-order valence-corrected chi connectivity index (χ0v) is 11.8. The lowest BCUT2D eigenvalue weighted by Gasteiger charge is -2.13. The van der Waals surface area contributed by atoms with Crippen molar-refractivity contribution in [2.45, 2.75) is 38.0 Å². The maximum atomic E-state index is 5.84. The molecule has 1 aromatic rings. The summed E-state index contributed by atoms with van der Waals surface area (Å²) < 4.78 is 16.8. The third-order valence-electron chi connectivity index (χ3n) is 3.71. The number of hydrogen-bond donors (Lipinski definition) is 1. The van der Waals surface area contributed by atoms with E-state index in [1.165, 1.54) is 18.4 Å². The molecule has 1 aliphatic heterocycles. The van der Waals surface area contributed by atoms with Crippen molar-refractivity contribution >= 4 is 0 Å². The van der Waals surface area contributed by atoms with Crippen LogP contribution in [-0.2, 0) is 16.0 Å². The third-order valence-corrected chi connectivity index (χ3v) is 3.71. The summed E-state index contributed by atoms with van der Waals surface area (Å²) in [4.78, 5) is 0. The predicted molar refractivity (Wildman–Crippen MR) is 77.0 cm³/mol. The van der Waals surface area contributed by atoms with Crippen molar-refractivity contribution in [2.24, 2.45) is 0 Å². The fraction of sp³-hybridized carbons (Fsp3) is 0.625. The Hall–Kier alpha value is -1.10. The molecule has 0 spiro atoms. The number of benzene rings is 1. The molecular formula is C16H23NO3. The molecule has 1 saturated carbocycles. The Labute approximate surface area is 120 Å². The zero-order valence-electron chi connectivity index (χ0n) is 11.8. The van der Waals surface area contributed by atoms with Gasteiger partial charge in [0.1, 0.15) is 12.4 Å². The summed E-state index contributed by atoms with van der Waals surface area (Å²) in [5.74, 6) is 0.965. The van der Waals surface area contributed by atoms with Crippen LogP contribution in [0.5, 0.6) is 5.75 Å². The Morgan fingerprint density at radius 1 is 1.15 bits per heavy atom. The van der Waals surface area contributed by atoms with Crippen LogP contribution in [0.25, 0.3) is 0 Å². The summed E-state index contributed by atoms with van der Waals surface area (Å²) in [6, 6.07) is 8.94. The van der Waals surface area contributed by atoms with Crippen LogP contribution in [0.2, 0.25) is 0 Å². The molecule has 1 unspecified atom stereocenters. The highest BCUT2D eigenvalue weighted by Crippen LogP contribution is 2.22. The van der Waals surface area contributed by atoms with Gasteiger partial charge in [0.05, 0.1) is 19.3 Å². The maximum Gasteiger partial charge on any atom is 0.123 e. The first-order valence-electron chi connectivity index (χ1n) is 7.55. The van der Waals surface area contributed by atoms with E-state index in [1.807, 2.05) is 12.1 Å². The highest BCUT2D eigenvalue weighted by atomic mass is 16.6. The van der Waals surface area contributed by atoms with E-state index in [-0.39, 0.29) is 6.10 Å². The molecule has 4 heteroatoms. The molecule has 20 heavy (non-hydrogen) atoms. The number of ether oxygens (including phenoxy) is 3. The van der Waals surface area contributed by atoms with Crippen molar-refractivity contribution < 1.29 is 14.2 Å². The second-order valence-electron chi connectivity index (χ2n) is 5.47. The zero-order chi connectivity index (χ0) is 13.6. The van der Waals surface area contributed by atoms with Gasteiger partial charge in [0.25, 0.3) is 0 Å². The fourth-order valence-electron chi connectivity index (χ4n) is 2.34. The molecule has 1 saturated heterocycles. The van der Waals surface area contributed by atoms with Gasteiger partial charge in [-0.05, 0) is 25.3 Å². The van der Waals surface area contributed by atoms with Crippen molar-refractivity contribution in [3.8, 4) is 5.75 Å². The van der Waals surface area contributed by atoms with Crippen LogP contribution in [0.1, 0.15) is 24.8 Å². The first kappa shape index (κ1) is 13.9. The lowest BCUT2D eigenvalue weighted by atomic mass is 10.2. The normalized spacial score (nSPS) is 22.1. The summed E-state index contributed by atoms with van der Waals surface area (Å²) in [6.07, 6.45) is 3.87. The Kier molecular flexibility index (Phi) is 4.90. The fourth-order valence-corrected chi connectivity index (χ4v) is 2.34. The molecule has 1 aromatic carbocycles. The number of hydrogen-bond acceptors (Lipinski definition) is 4. The van der Waals surface area contributed by atoms with Gasteiger partial charge in [0, 0.05) is 24.8 Å². The molecular weight excluding hydrogens is 254 g/mol. The molecule has 0 radical (unpaired) electrons. The minimum atomic E-state index is 0.255. The monoisotopic (exact) mass is 277 g/mol. The molecule has 1 N–H and O–H groups in total. The summed E-state index contributed by atoms with van der Waals surface area (Å²) >= 11 is 0. The third kappa shape index (κ3) is 4.20. The van der Waals surface area contributed by atoms with E-state index in [2.05, 4.69) is 17.4 Å². The minimum absolute atomic E-state index is 0.255. The quantitative estimate of drug-likeness (QED) is 0.739. The van der Waals surface area contributed by atoms with Crippen LogP contribution >= 0.6 is 0 Å². The highest BCUT2D eigenvalue weighted by Gasteiger charge is 2.20. The van der Waals surface area contributed by atoms with E-state index in [4.69, 9.17) is 14.2 Å². The van der Waals surface area contributed by atoms with E-state index in [0.29, 0.717) is 19.3 Å². The van der Waals surface area contributed by atoms with Crippen molar-refractivity contribution in [1.82, 2.24) is 5.32 Å². The first-order valence-corrected chi connectivity index (χ1v) is 7.55. The van der Waals surface area contributed by atoms with Crippen LogP contribution in [0.4, 0.5) is 0 Å². The van der Waals surface area contributed by atoms with E-state index < -0.39 is 0 Å². The number of rotatable bonds is 8. The molecule has 0 bridgehead atoms. The molecule has 2 aliphatic rings. The lowest BCUT2D eigenvalue weighted by Crippen LogP contribution is -2.18. The second kappa shape index (κ2) is 7.07. The van der Waals surface area contributed by atoms with E-state index in [0.717, 1.165) is 31.9 Å². The van der Waals surface area contributed by atoms with E-state index in [9.17, 15) is 0 Å². The SMILES string of the molecule is c1ccc(OCCOC2CCOC2)c(CNC2CC2)c1. The number of para-hydroxylation sites is 1. The Morgan fingerprint density at radius 3 is 2.85 bits per heavy atom. The lowest BCUT2D eigenvalue weighted by molar-refractivity contribution is 0.0264. The summed E-state index contributed by atoms with van der Waals surface area (Å²) in [6.45, 7) is 3.65. The van der Waals surface area contributed by atoms with Crippen molar-refractivity contribution in [1.29, 1.82) is 0 Å². The van der Waals surface area contributed by atoms with Gasteiger partial charge in [-0.2, -0.15) is 0 Å². The van der Waals surface area contributed by atoms with Gasteiger partial charge in [-0.15, -0.1) is 0 Å². The summed E-state index contributed by atoms with van der Waals surface area (Å²) in [5, 5.41) is 3.52. The number of nitrogens with one attached hydrogen (secondary N) is 1. The molecule has 1 heterocycles. The van der Waals surface area contributed by atoms with Crippen molar-refractivity contribution in [2.75, 3.05) is 26.4 Å². The summed E-state index contributed by atoms with van der Waals surface area (Å²) in [7, 11) is 0. The van der Waals surface area contributed by atoms with Crippen LogP contribution < -0.4 is 10.1 Å². The van der Waals surface area contributed by atoms with E-state index >= 15 is 0 Å². The van der Waals surface area contributed by atoms with Gasteiger partial charge in [0.15, 0.2) is 0 Å². The topological polar surface area (TPSA) is 39.7 Å². The van der Waals surface area contributed by atoms with Gasteiger partial charge < -0.3 is 19.5 Å². The Bertz CT molecular complexity index is 414. The minimum Gasteiger partial charge on any atom is -0.491 e. The largest absolute Gasteiger partial charge is 0.491 e. The van der Waals surface area contributed by atoms with Crippen LogP contribution in [0, 0.1) is 0 Å². The Balaban J connectivity index is 1.41. The smallest absolute Gasteiger partial charge is 0.123 e. The van der Waals surface area contributed by atoms with Crippen molar-refractivity contribution in [3.63, 3.8) is 0 Å². The molecule has 4 nitrogen and oxygen atoms in total. The van der Waals surface area contributed by atoms with Gasteiger partial charge >= 0.3 is 0 Å². The summed E-state index contributed by atoms with van der Waals surface area (Å²) in [5.41, 5.74) is 1.23. The average Bonchev–Trinajstić information content (AvgIpc) is 3.17. The molecule has 0 amide bonds. The molecule has 1 aliphatic carbocycles. The molecule has 2 fully saturated rings. The molecule has 110 valence electrons. The molecule has 0 aromatic heterocycles. The van der Waals surface area contributed by atoms with E-state index in [1.54, 1.807) is 0 Å². The first-order chi connectivity index (χ1) is 9.92. The van der Waals surface area contributed by atoms with Crippen LogP contribution in [-0.4, -0.2) is 38.6 Å². The van der Waals surface area contributed by atoms with Gasteiger partial charge in [-0.1, -0.05) is 18.2 Å². The van der Waals surface area contributed by atoms with Gasteiger partial charge in [0.2, 0.25) is 0 Å². The van der Waals surface area contributed by atoms with Crippen LogP contribution in [0.3, 0.4) is 0 Å². The average molecular weight is 277 g/mol. The highest BCUT2D eigenvalue weighted by molar-refractivity contribution is 5.33. The molecule has 1 atom stereocenters. The second-order valence-corrected chi connectivity index (χ2v) is 5.47. The van der Waals surface area contributed by atoms with Crippen LogP contribution in [0.15, 0.2) is 24.3 Å². The van der Waals surface area contributed by atoms with Gasteiger partial charge in [-0.3, -0.25) is 0 Å². The maximum absolute atomic E-state index is 5.84. The standard InChI is InChI=1S/C16H23NO3/c1-2-4-16(13(3-1)11-17-14-5-6-14)20-10-9-19-15-7-8-18-12-15/h1-4,14-15,17H,5-12H2. The molecule has 3 rings (SSSR count). The van der Waals surface area contributed by atoms with Gasteiger partial charge in [-0.25, -0.2) is 0 Å².